The first-order valence-corrected chi connectivity index (χ1v) is 10.5. The van der Waals surface area contributed by atoms with Crippen molar-refractivity contribution in [2.24, 2.45) is 13.0 Å². The van der Waals surface area contributed by atoms with Crippen molar-refractivity contribution in [3.05, 3.63) is 81.7 Å². The molecule has 1 N–H and O–H groups in total. The SMILES string of the molecule is CC(C)[C@@H](NC(=O)c1ccccc1)c1nnc(SCc2ccc([N+](=O)[O-])cc2)n1C. The van der Waals surface area contributed by atoms with Crippen LogP contribution in [0.15, 0.2) is 59.8 Å². The van der Waals surface area contributed by atoms with E-state index in [0.717, 1.165) is 5.56 Å². The standard InChI is InChI=1S/C21H23N5O3S/c1-14(2)18(22-20(27)16-7-5-4-6-8-16)19-23-24-21(25(19)3)30-13-15-9-11-17(12-10-15)26(28)29/h4-12,14,18H,13H2,1-3H3,(H,22,27)/t18-/m1/s1. The van der Waals surface area contributed by atoms with E-state index in [4.69, 9.17) is 0 Å². The van der Waals surface area contributed by atoms with Crippen LogP contribution in [-0.4, -0.2) is 25.6 Å². The number of thioether (sulfide) groups is 1. The molecule has 0 bridgehead atoms. The third kappa shape index (κ3) is 5.04. The Hall–Kier alpha value is -3.20. The van der Waals surface area contributed by atoms with Gasteiger partial charge in [0.1, 0.15) is 0 Å². The van der Waals surface area contributed by atoms with E-state index in [-0.39, 0.29) is 23.6 Å². The van der Waals surface area contributed by atoms with Gasteiger partial charge in [0.05, 0.1) is 11.0 Å². The molecule has 0 saturated heterocycles. The molecule has 1 atom stereocenters. The zero-order chi connectivity index (χ0) is 21.7. The molecule has 0 aliphatic carbocycles. The number of carbonyl (C=O) groups excluding carboxylic acids is 1. The fourth-order valence-electron chi connectivity index (χ4n) is 2.93. The molecule has 1 heterocycles. The van der Waals surface area contributed by atoms with Crippen molar-refractivity contribution < 1.29 is 9.72 Å². The summed E-state index contributed by atoms with van der Waals surface area (Å²) in [5.74, 6) is 1.25. The lowest BCUT2D eigenvalue weighted by Gasteiger charge is -2.21. The van der Waals surface area contributed by atoms with Crippen LogP contribution < -0.4 is 5.32 Å². The Morgan fingerprint density at radius 3 is 2.40 bits per heavy atom. The zero-order valence-electron chi connectivity index (χ0n) is 17.0. The number of carbonyl (C=O) groups is 1. The largest absolute Gasteiger partial charge is 0.342 e. The number of rotatable bonds is 8. The van der Waals surface area contributed by atoms with Crippen LogP contribution in [0.1, 0.15) is 41.6 Å². The maximum Gasteiger partial charge on any atom is 0.269 e. The van der Waals surface area contributed by atoms with Gasteiger partial charge in [-0.05, 0) is 23.6 Å². The Bertz CT molecular complexity index is 1020. The molecule has 0 unspecified atom stereocenters. The van der Waals surface area contributed by atoms with Gasteiger partial charge in [-0.3, -0.25) is 14.9 Å². The number of hydrogen-bond donors (Lipinski definition) is 1. The third-order valence-electron chi connectivity index (χ3n) is 4.65. The third-order valence-corrected chi connectivity index (χ3v) is 5.74. The Kier molecular flexibility index (Phi) is 6.83. The Balaban J connectivity index is 1.71. The molecule has 1 aromatic heterocycles. The van der Waals surface area contributed by atoms with Crippen molar-refractivity contribution in [3.63, 3.8) is 0 Å². The average Bonchev–Trinajstić information content (AvgIpc) is 3.11. The fourth-order valence-corrected chi connectivity index (χ4v) is 3.80. The maximum atomic E-state index is 12.6. The Labute approximate surface area is 178 Å². The van der Waals surface area contributed by atoms with Crippen molar-refractivity contribution in [3.8, 4) is 0 Å². The number of nitro groups is 1. The van der Waals surface area contributed by atoms with Gasteiger partial charge >= 0.3 is 0 Å². The van der Waals surface area contributed by atoms with Crippen LogP contribution in [0.2, 0.25) is 0 Å². The highest BCUT2D eigenvalue weighted by molar-refractivity contribution is 7.98. The van der Waals surface area contributed by atoms with Crippen LogP contribution >= 0.6 is 11.8 Å². The molecule has 3 aromatic rings. The predicted molar refractivity (Wildman–Crippen MR) is 115 cm³/mol. The summed E-state index contributed by atoms with van der Waals surface area (Å²) in [6.07, 6.45) is 0. The number of nitrogens with one attached hydrogen (secondary N) is 1. The van der Waals surface area contributed by atoms with E-state index in [0.29, 0.717) is 22.3 Å². The molecule has 2 aromatic carbocycles. The molecule has 30 heavy (non-hydrogen) atoms. The second-order valence-electron chi connectivity index (χ2n) is 7.17. The molecule has 3 rings (SSSR count). The molecule has 0 saturated carbocycles. The van der Waals surface area contributed by atoms with Crippen molar-refractivity contribution in [1.29, 1.82) is 0 Å². The summed E-state index contributed by atoms with van der Waals surface area (Å²) in [6, 6.07) is 15.2. The zero-order valence-corrected chi connectivity index (χ0v) is 17.8. The molecule has 8 nitrogen and oxygen atoms in total. The van der Waals surface area contributed by atoms with Gasteiger partial charge in [-0.15, -0.1) is 10.2 Å². The maximum absolute atomic E-state index is 12.6. The second kappa shape index (κ2) is 9.53. The van der Waals surface area contributed by atoms with Crippen molar-refractivity contribution in [1.82, 2.24) is 20.1 Å². The lowest BCUT2D eigenvalue weighted by atomic mass is 10.0. The van der Waals surface area contributed by atoms with Gasteiger partial charge in [0.2, 0.25) is 0 Å². The molecule has 1 amide bonds. The number of hydrogen-bond acceptors (Lipinski definition) is 6. The first-order valence-electron chi connectivity index (χ1n) is 9.48. The van der Waals surface area contributed by atoms with Crippen LogP contribution in [0.5, 0.6) is 0 Å². The molecule has 0 aliphatic heterocycles. The lowest BCUT2D eigenvalue weighted by Crippen LogP contribution is -2.33. The minimum absolute atomic E-state index is 0.0682. The fraction of sp³-hybridized carbons (Fsp3) is 0.286. The molecule has 0 aliphatic rings. The smallest absolute Gasteiger partial charge is 0.269 e. The van der Waals surface area contributed by atoms with Gasteiger partial charge in [-0.2, -0.15) is 0 Å². The summed E-state index contributed by atoms with van der Waals surface area (Å²) in [7, 11) is 1.87. The normalized spacial score (nSPS) is 12.0. The van der Waals surface area contributed by atoms with Crippen LogP contribution in [0, 0.1) is 16.0 Å². The minimum Gasteiger partial charge on any atom is -0.342 e. The van der Waals surface area contributed by atoms with E-state index >= 15 is 0 Å². The van der Waals surface area contributed by atoms with Crippen molar-refractivity contribution >= 4 is 23.4 Å². The Morgan fingerprint density at radius 2 is 1.80 bits per heavy atom. The lowest BCUT2D eigenvalue weighted by molar-refractivity contribution is -0.384. The first kappa shape index (κ1) is 21.5. The quantitative estimate of drug-likeness (QED) is 0.330. The summed E-state index contributed by atoms with van der Waals surface area (Å²) in [4.78, 5) is 23.0. The predicted octanol–water partition coefficient (Wildman–Crippen LogP) is 4.14. The molecule has 9 heteroatoms. The number of nitro benzene ring substituents is 1. The summed E-state index contributed by atoms with van der Waals surface area (Å²) in [6.45, 7) is 4.04. The highest BCUT2D eigenvalue weighted by atomic mass is 32.2. The Morgan fingerprint density at radius 1 is 1.13 bits per heavy atom. The van der Waals surface area contributed by atoms with Crippen LogP contribution in [-0.2, 0) is 12.8 Å². The van der Waals surface area contributed by atoms with Crippen LogP contribution in [0.4, 0.5) is 5.69 Å². The molecular weight excluding hydrogens is 402 g/mol. The molecule has 156 valence electrons. The minimum atomic E-state index is -0.415. The highest BCUT2D eigenvalue weighted by Gasteiger charge is 2.25. The van der Waals surface area contributed by atoms with Crippen molar-refractivity contribution in [2.45, 2.75) is 30.8 Å². The first-order chi connectivity index (χ1) is 14.4. The van der Waals surface area contributed by atoms with Gasteiger partial charge in [0.15, 0.2) is 11.0 Å². The molecule has 0 fully saturated rings. The second-order valence-corrected chi connectivity index (χ2v) is 8.12. The van der Waals surface area contributed by atoms with Crippen LogP contribution in [0.3, 0.4) is 0 Å². The average molecular weight is 426 g/mol. The van der Waals surface area contributed by atoms with Crippen molar-refractivity contribution in [2.75, 3.05) is 0 Å². The molecular formula is C21H23N5O3S. The number of nitrogens with zero attached hydrogens (tertiary/aromatic N) is 4. The number of amides is 1. The number of non-ortho nitro benzene ring substituents is 1. The van der Waals surface area contributed by atoms with Crippen LogP contribution in [0.25, 0.3) is 0 Å². The van der Waals surface area contributed by atoms with E-state index in [9.17, 15) is 14.9 Å². The molecule has 0 radical (unpaired) electrons. The summed E-state index contributed by atoms with van der Waals surface area (Å²) in [5, 5.41) is 23.1. The van der Waals surface area contributed by atoms with E-state index in [1.165, 1.54) is 23.9 Å². The van der Waals surface area contributed by atoms with Gasteiger partial charge < -0.3 is 9.88 Å². The summed E-state index contributed by atoms with van der Waals surface area (Å²) in [5.41, 5.74) is 1.62. The number of aromatic nitrogens is 3. The molecule has 0 spiro atoms. The van der Waals surface area contributed by atoms with E-state index in [1.807, 2.05) is 43.7 Å². The highest BCUT2D eigenvalue weighted by Crippen LogP contribution is 2.27. The summed E-state index contributed by atoms with van der Waals surface area (Å²) >= 11 is 1.49. The van der Waals surface area contributed by atoms with E-state index < -0.39 is 4.92 Å². The van der Waals surface area contributed by atoms with Gasteiger partial charge in [0.25, 0.3) is 11.6 Å². The topological polar surface area (TPSA) is 103 Å². The van der Waals surface area contributed by atoms with Gasteiger partial charge in [-0.25, -0.2) is 0 Å². The van der Waals surface area contributed by atoms with Gasteiger partial charge in [-0.1, -0.05) is 55.9 Å². The summed E-state index contributed by atoms with van der Waals surface area (Å²) < 4.78 is 1.88. The van der Waals surface area contributed by atoms with E-state index in [1.54, 1.807) is 24.3 Å². The van der Waals surface area contributed by atoms with Gasteiger partial charge in [0, 0.05) is 30.5 Å². The van der Waals surface area contributed by atoms with E-state index in [2.05, 4.69) is 15.5 Å². The number of benzene rings is 2. The monoisotopic (exact) mass is 425 g/mol.